The first-order chi connectivity index (χ1) is 8.56. The van der Waals surface area contributed by atoms with Crippen LogP contribution in [-0.4, -0.2) is 10.1 Å². The topological polar surface area (TPSA) is 45.1 Å². The molecule has 1 heterocycles. The van der Waals surface area contributed by atoms with Gasteiger partial charge in [-0.3, -0.25) is 4.98 Å². The Hall–Kier alpha value is -2.10. The van der Waals surface area contributed by atoms with Gasteiger partial charge in [0.1, 0.15) is 0 Å². The highest BCUT2D eigenvalue weighted by molar-refractivity contribution is 5.48. The molecule has 2 N–H and O–H groups in total. The van der Waals surface area contributed by atoms with Crippen LogP contribution in [0.15, 0.2) is 30.3 Å². The third-order valence-electron chi connectivity index (χ3n) is 2.72. The molecule has 0 spiro atoms. The summed E-state index contributed by atoms with van der Waals surface area (Å²) in [6.07, 6.45) is 0. The zero-order valence-electron chi connectivity index (χ0n) is 10.4. The van der Waals surface area contributed by atoms with Gasteiger partial charge in [-0.1, -0.05) is 6.07 Å². The Morgan fingerprint density at radius 3 is 2.67 bits per heavy atom. The minimum Gasteiger partial charge on any atom is -0.505 e. The summed E-state index contributed by atoms with van der Waals surface area (Å²) in [5.74, 6) is -0.931. The molecule has 0 fully saturated rings. The van der Waals surface area contributed by atoms with Crippen molar-refractivity contribution in [2.75, 3.05) is 5.32 Å². The number of aromatic hydroxyl groups is 1. The summed E-state index contributed by atoms with van der Waals surface area (Å²) in [5.41, 5.74) is 3.57. The van der Waals surface area contributed by atoms with Gasteiger partial charge in [-0.2, -0.15) is 0 Å². The smallest absolute Gasteiger partial charge is 0.165 e. The summed E-state index contributed by atoms with van der Waals surface area (Å²) >= 11 is 0. The number of anilines is 1. The summed E-state index contributed by atoms with van der Waals surface area (Å²) in [6, 6.07) is 8.23. The first kappa shape index (κ1) is 12.4. The van der Waals surface area contributed by atoms with Crippen LogP contribution in [0.1, 0.15) is 17.0 Å². The lowest BCUT2D eigenvalue weighted by Gasteiger charge is -2.09. The number of halogens is 1. The molecule has 0 atom stereocenters. The first-order valence-corrected chi connectivity index (χ1v) is 5.72. The van der Waals surface area contributed by atoms with Crippen LogP contribution in [0.25, 0.3) is 0 Å². The quantitative estimate of drug-likeness (QED) is 0.874. The lowest BCUT2D eigenvalue weighted by molar-refractivity contribution is 0.432. The van der Waals surface area contributed by atoms with Gasteiger partial charge in [0.25, 0.3) is 0 Å². The summed E-state index contributed by atoms with van der Waals surface area (Å²) < 4.78 is 13.1. The molecule has 0 saturated heterocycles. The minimum absolute atomic E-state index is 0.327. The maximum absolute atomic E-state index is 13.1. The summed E-state index contributed by atoms with van der Waals surface area (Å²) in [4.78, 5) is 4.34. The van der Waals surface area contributed by atoms with Gasteiger partial charge in [-0.25, -0.2) is 4.39 Å². The van der Waals surface area contributed by atoms with Gasteiger partial charge in [-0.15, -0.1) is 0 Å². The van der Waals surface area contributed by atoms with Crippen molar-refractivity contribution in [3.05, 3.63) is 53.1 Å². The van der Waals surface area contributed by atoms with Crippen LogP contribution in [0.4, 0.5) is 10.1 Å². The molecule has 1 aromatic carbocycles. The second-order valence-corrected chi connectivity index (χ2v) is 4.22. The molecule has 0 unspecified atom stereocenters. The average molecular weight is 246 g/mol. The maximum atomic E-state index is 13.1. The van der Waals surface area contributed by atoms with Gasteiger partial charge < -0.3 is 10.4 Å². The SMILES string of the molecule is Cc1ccc(NCc2ccc(O)c(F)c2)c(C)n1. The molecule has 0 radical (unpaired) electrons. The number of hydrogen-bond donors (Lipinski definition) is 2. The average Bonchev–Trinajstić information content (AvgIpc) is 2.32. The van der Waals surface area contributed by atoms with Crippen LogP contribution < -0.4 is 5.32 Å². The van der Waals surface area contributed by atoms with E-state index in [1.54, 1.807) is 6.07 Å². The van der Waals surface area contributed by atoms with Crippen LogP contribution in [0.2, 0.25) is 0 Å². The number of rotatable bonds is 3. The highest BCUT2D eigenvalue weighted by Crippen LogP contribution is 2.18. The van der Waals surface area contributed by atoms with Crippen LogP contribution in [-0.2, 0) is 6.54 Å². The second kappa shape index (κ2) is 5.04. The molecule has 0 bridgehead atoms. The molecule has 3 nitrogen and oxygen atoms in total. The number of aromatic nitrogens is 1. The van der Waals surface area contributed by atoms with Crippen molar-refractivity contribution < 1.29 is 9.50 Å². The molecule has 0 aliphatic rings. The molecule has 1 aromatic heterocycles. The Kier molecular flexibility index (Phi) is 3.46. The van der Waals surface area contributed by atoms with Crippen molar-refractivity contribution in [3.63, 3.8) is 0 Å². The van der Waals surface area contributed by atoms with E-state index in [1.807, 2.05) is 26.0 Å². The van der Waals surface area contributed by atoms with E-state index in [2.05, 4.69) is 10.3 Å². The molecule has 18 heavy (non-hydrogen) atoms. The summed E-state index contributed by atoms with van der Waals surface area (Å²) in [7, 11) is 0. The van der Waals surface area contributed by atoms with E-state index in [9.17, 15) is 4.39 Å². The fourth-order valence-electron chi connectivity index (χ4n) is 1.73. The van der Waals surface area contributed by atoms with E-state index >= 15 is 0 Å². The normalized spacial score (nSPS) is 10.4. The van der Waals surface area contributed by atoms with E-state index < -0.39 is 5.82 Å². The van der Waals surface area contributed by atoms with Crippen molar-refractivity contribution in [3.8, 4) is 5.75 Å². The zero-order chi connectivity index (χ0) is 13.1. The van der Waals surface area contributed by atoms with Crippen molar-refractivity contribution in [2.24, 2.45) is 0 Å². The molecular weight excluding hydrogens is 231 g/mol. The number of benzene rings is 1. The van der Waals surface area contributed by atoms with E-state index in [1.165, 1.54) is 12.1 Å². The number of hydrogen-bond acceptors (Lipinski definition) is 3. The van der Waals surface area contributed by atoms with Crippen molar-refractivity contribution in [1.82, 2.24) is 4.98 Å². The van der Waals surface area contributed by atoms with E-state index in [4.69, 9.17) is 5.11 Å². The van der Waals surface area contributed by atoms with E-state index in [-0.39, 0.29) is 5.75 Å². The van der Waals surface area contributed by atoms with Crippen molar-refractivity contribution in [1.29, 1.82) is 0 Å². The number of phenolic OH excluding ortho intramolecular Hbond substituents is 1. The Bertz CT molecular complexity index is 570. The van der Waals surface area contributed by atoms with Crippen LogP contribution in [0.3, 0.4) is 0 Å². The monoisotopic (exact) mass is 246 g/mol. The molecular formula is C14H15FN2O. The second-order valence-electron chi connectivity index (χ2n) is 4.22. The standard InChI is InChI=1S/C14H15FN2O/c1-9-3-5-13(10(2)17-9)16-8-11-4-6-14(18)12(15)7-11/h3-7,16,18H,8H2,1-2H3. The molecule has 94 valence electrons. The first-order valence-electron chi connectivity index (χ1n) is 5.72. The summed E-state index contributed by atoms with van der Waals surface area (Å²) in [5, 5.41) is 12.3. The summed E-state index contributed by atoms with van der Waals surface area (Å²) in [6.45, 7) is 4.35. The van der Waals surface area contributed by atoms with Crippen LogP contribution >= 0.6 is 0 Å². The number of phenols is 1. The molecule has 0 aliphatic heterocycles. The van der Waals surface area contributed by atoms with Crippen LogP contribution in [0.5, 0.6) is 5.75 Å². The fourth-order valence-corrected chi connectivity index (χ4v) is 1.73. The van der Waals surface area contributed by atoms with E-state index in [0.29, 0.717) is 6.54 Å². The largest absolute Gasteiger partial charge is 0.505 e. The van der Waals surface area contributed by atoms with Crippen LogP contribution in [0, 0.1) is 19.7 Å². The van der Waals surface area contributed by atoms with Gasteiger partial charge in [-0.05, 0) is 43.7 Å². The Morgan fingerprint density at radius 1 is 1.22 bits per heavy atom. The highest BCUT2D eigenvalue weighted by atomic mass is 19.1. The lowest BCUT2D eigenvalue weighted by atomic mass is 10.2. The molecule has 0 aliphatic carbocycles. The van der Waals surface area contributed by atoms with Gasteiger partial charge in [0, 0.05) is 12.2 Å². The molecule has 2 rings (SSSR count). The third-order valence-corrected chi connectivity index (χ3v) is 2.72. The van der Waals surface area contributed by atoms with Crippen molar-refractivity contribution in [2.45, 2.75) is 20.4 Å². The molecule has 4 heteroatoms. The Labute approximate surface area is 105 Å². The van der Waals surface area contributed by atoms with Gasteiger partial charge >= 0.3 is 0 Å². The Morgan fingerprint density at radius 2 is 2.00 bits per heavy atom. The van der Waals surface area contributed by atoms with Crippen molar-refractivity contribution >= 4 is 5.69 Å². The van der Waals surface area contributed by atoms with Gasteiger partial charge in [0.05, 0.1) is 11.4 Å². The fraction of sp³-hybridized carbons (Fsp3) is 0.214. The predicted octanol–water partition coefficient (Wildman–Crippen LogP) is 3.16. The van der Waals surface area contributed by atoms with E-state index in [0.717, 1.165) is 22.6 Å². The third kappa shape index (κ3) is 2.77. The zero-order valence-corrected chi connectivity index (χ0v) is 10.4. The molecule has 2 aromatic rings. The molecule has 0 amide bonds. The number of pyridine rings is 1. The Balaban J connectivity index is 2.09. The number of nitrogens with one attached hydrogen (secondary N) is 1. The predicted molar refractivity (Wildman–Crippen MR) is 69.1 cm³/mol. The van der Waals surface area contributed by atoms with Gasteiger partial charge in [0.2, 0.25) is 0 Å². The van der Waals surface area contributed by atoms with Gasteiger partial charge in [0.15, 0.2) is 11.6 Å². The minimum atomic E-state index is -0.604. The maximum Gasteiger partial charge on any atom is 0.165 e. The number of nitrogens with zero attached hydrogens (tertiary/aromatic N) is 1. The molecule has 0 saturated carbocycles. The lowest BCUT2D eigenvalue weighted by Crippen LogP contribution is -2.02. The number of aryl methyl sites for hydroxylation is 2. The highest BCUT2D eigenvalue weighted by Gasteiger charge is 2.03.